The molecule has 0 bridgehead atoms. The van der Waals surface area contributed by atoms with Gasteiger partial charge in [-0.25, -0.2) is 0 Å². The Kier molecular flexibility index (Phi) is 8.94. The Labute approximate surface area is 259 Å². The summed E-state index contributed by atoms with van der Waals surface area (Å²) in [5.74, 6) is -1.58. The second kappa shape index (κ2) is 13.4. The first-order chi connectivity index (χ1) is 21.9. The van der Waals surface area contributed by atoms with E-state index in [9.17, 15) is 19.5 Å². The number of oxazole rings is 1. The number of benzene rings is 3. The zero-order chi connectivity index (χ0) is 31.3. The smallest absolute Gasteiger partial charge is 0.308 e. The lowest BCUT2D eigenvalue weighted by Crippen LogP contribution is -2.44. The second-order valence-corrected chi connectivity index (χ2v) is 11.2. The number of nitrogens with zero attached hydrogens (tertiary/aromatic N) is 3. The van der Waals surface area contributed by atoms with Gasteiger partial charge in [0, 0.05) is 37.8 Å². The lowest BCUT2D eigenvalue weighted by molar-refractivity contribution is -0.142. The molecule has 1 aromatic heterocycles. The van der Waals surface area contributed by atoms with Crippen LogP contribution in [0.4, 0.5) is 17.4 Å². The monoisotopic (exact) mass is 613 g/mol. The van der Waals surface area contributed by atoms with Crippen LogP contribution in [0, 0.1) is 5.92 Å². The van der Waals surface area contributed by atoms with Crippen LogP contribution < -0.4 is 15.4 Å². The minimum atomic E-state index is -0.925. The number of carbonyl (C=O) groups is 3. The number of carboxylic acid groups (broad SMARTS) is 1. The van der Waals surface area contributed by atoms with E-state index in [1.54, 1.807) is 36.3 Å². The second-order valence-electron chi connectivity index (χ2n) is 11.2. The van der Waals surface area contributed by atoms with Crippen LogP contribution in [0.25, 0.3) is 11.1 Å². The zero-order valence-corrected chi connectivity index (χ0v) is 24.9. The summed E-state index contributed by atoms with van der Waals surface area (Å²) in [5, 5.41) is 15.9. The van der Waals surface area contributed by atoms with Crippen molar-refractivity contribution in [3.05, 3.63) is 77.9 Å². The summed E-state index contributed by atoms with van der Waals surface area (Å²) in [5.41, 5.74) is 4.09. The quantitative estimate of drug-likeness (QED) is 0.242. The van der Waals surface area contributed by atoms with Crippen LogP contribution in [0.15, 0.2) is 71.1 Å². The molecule has 0 spiro atoms. The van der Waals surface area contributed by atoms with Crippen LogP contribution >= 0.6 is 0 Å². The van der Waals surface area contributed by atoms with Gasteiger partial charge in [-0.05, 0) is 47.5 Å². The van der Waals surface area contributed by atoms with E-state index in [4.69, 9.17) is 13.9 Å². The van der Waals surface area contributed by atoms with Crippen LogP contribution in [0.5, 0.6) is 5.75 Å². The number of fused-ring (bicyclic) bond motifs is 1. The third kappa shape index (κ3) is 7.08. The van der Waals surface area contributed by atoms with Gasteiger partial charge in [0.2, 0.25) is 11.8 Å². The lowest BCUT2D eigenvalue weighted by Gasteiger charge is -2.28. The summed E-state index contributed by atoms with van der Waals surface area (Å²) in [6.07, 6.45) is 0.123. The Morgan fingerprint density at radius 2 is 1.80 bits per heavy atom. The normalized spacial score (nSPS) is 18.6. The fourth-order valence-corrected chi connectivity index (χ4v) is 5.85. The minimum Gasteiger partial charge on any atom is -0.495 e. The van der Waals surface area contributed by atoms with Crippen molar-refractivity contribution in [3.63, 3.8) is 0 Å². The van der Waals surface area contributed by atoms with Gasteiger partial charge in [0.15, 0.2) is 5.58 Å². The first-order valence-corrected chi connectivity index (χ1v) is 14.9. The van der Waals surface area contributed by atoms with Crippen molar-refractivity contribution in [2.45, 2.75) is 12.3 Å². The summed E-state index contributed by atoms with van der Waals surface area (Å²) in [4.78, 5) is 46.1. The Morgan fingerprint density at radius 3 is 2.56 bits per heavy atom. The third-order valence-electron chi connectivity index (χ3n) is 8.24. The Hall–Kier alpha value is -4.94. The highest BCUT2D eigenvalue weighted by molar-refractivity contribution is 5.93. The first-order valence-electron chi connectivity index (χ1n) is 14.9. The number of amides is 2. The van der Waals surface area contributed by atoms with Gasteiger partial charge in [-0.1, -0.05) is 30.3 Å². The van der Waals surface area contributed by atoms with E-state index in [1.165, 1.54) is 0 Å². The lowest BCUT2D eigenvalue weighted by atomic mass is 9.89. The summed E-state index contributed by atoms with van der Waals surface area (Å²) < 4.78 is 16.6. The van der Waals surface area contributed by atoms with Crippen molar-refractivity contribution in [3.8, 4) is 5.75 Å². The number of hydrogen-bond donors (Lipinski definition) is 3. The maximum Gasteiger partial charge on any atom is 0.308 e. The molecule has 6 rings (SSSR count). The van der Waals surface area contributed by atoms with Crippen molar-refractivity contribution < 1.29 is 33.4 Å². The van der Waals surface area contributed by atoms with Gasteiger partial charge in [0.05, 0.1) is 44.9 Å². The number of aliphatic carboxylic acids is 1. The number of anilines is 3. The first kappa shape index (κ1) is 30.1. The van der Waals surface area contributed by atoms with Gasteiger partial charge >= 0.3 is 5.97 Å². The molecule has 2 aliphatic heterocycles. The molecule has 0 radical (unpaired) electrons. The number of para-hydroxylation sites is 2. The van der Waals surface area contributed by atoms with E-state index in [2.05, 4.69) is 15.6 Å². The molecule has 2 aliphatic rings. The number of carbonyl (C=O) groups excluding carboxylic acids is 2. The zero-order valence-electron chi connectivity index (χ0n) is 24.9. The molecule has 12 heteroatoms. The van der Waals surface area contributed by atoms with Crippen molar-refractivity contribution in [1.29, 1.82) is 0 Å². The van der Waals surface area contributed by atoms with E-state index in [1.807, 2.05) is 47.4 Å². The Bertz CT molecular complexity index is 1680. The predicted octanol–water partition coefficient (Wildman–Crippen LogP) is 3.72. The molecular formula is C33H35N5O7. The molecule has 2 amide bonds. The molecule has 3 heterocycles. The van der Waals surface area contributed by atoms with E-state index in [0.717, 1.165) is 16.8 Å². The fraction of sp³-hybridized carbons (Fsp3) is 0.333. The molecule has 2 fully saturated rings. The highest BCUT2D eigenvalue weighted by Gasteiger charge is 2.40. The standard InChI is InChI=1S/C33H35N5O7/c1-43-28-5-3-2-4-26(28)35-33-36-27-11-6-21(16-29(27)45-33)17-30(39)34-23-9-7-22(8-10-23)24-18-38(19-25(24)32(41)42)31(40)20-37-12-14-44-15-13-37/h2-11,16,24-25H,12-15,17-20H2,1H3,(H,34,39)(H,35,36)(H,41,42). The minimum absolute atomic E-state index is 0.0676. The summed E-state index contributed by atoms with van der Waals surface area (Å²) in [7, 11) is 1.59. The van der Waals surface area contributed by atoms with Crippen molar-refractivity contribution in [1.82, 2.24) is 14.8 Å². The van der Waals surface area contributed by atoms with Crippen molar-refractivity contribution >= 4 is 46.3 Å². The molecule has 45 heavy (non-hydrogen) atoms. The number of nitrogens with one attached hydrogen (secondary N) is 2. The van der Waals surface area contributed by atoms with Gasteiger partial charge in [-0.15, -0.1) is 0 Å². The number of hydrogen-bond acceptors (Lipinski definition) is 9. The number of carboxylic acids is 1. The molecule has 4 aromatic rings. The van der Waals surface area contributed by atoms with Crippen LogP contribution in [0.2, 0.25) is 0 Å². The molecule has 2 unspecified atom stereocenters. The average Bonchev–Trinajstić information content (AvgIpc) is 3.67. The van der Waals surface area contributed by atoms with Crippen LogP contribution in [0.3, 0.4) is 0 Å². The van der Waals surface area contributed by atoms with Gasteiger partial charge in [-0.3, -0.25) is 19.3 Å². The van der Waals surface area contributed by atoms with Gasteiger partial charge < -0.3 is 34.5 Å². The highest BCUT2D eigenvalue weighted by atomic mass is 16.5. The van der Waals surface area contributed by atoms with Gasteiger partial charge in [0.25, 0.3) is 6.01 Å². The number of rotatable bonds is 10. The van der Waals surface area contributed by atoms with E-state index >= 15 is 0 Å². The average molecular weight is 614 g/mol. The number of ether oxygens (including phenoxy) is 2. The van der Waals surface area contributed by atoms with Crippen molar-refractivity contribution in [2.75, 3.05) is 63.7 Å². The molecule has 0 aliphatic carbocycles. The number of aromatic nitrogens is 1. The summed E-state index contributed by atoms with van der Waals surface area (Å²) in [6.45, 7) is 3.35. The number of morpholine rings is 1. The fourth-order valence-electron chi connectivity index (χ4n) is 5.85. The van der Waals surface area contributed by atoms with Gasteiger partial charge in [-0.2, -0.15) is 4.98 Å². The molecule has 12 nitrogen and oxygen atoms in total. The van der Waals surface area contributed by atoms with E-state index in [-0.39, 0.29) is 37.2 Å². The SMILES string of the molecule is COc1ccccc1Nc1nc2ccc(CC(=O)Nc3ccc(C4CN(C(=O)CN5CCOCC5)CC4C(=O)O)cc3)cc2o1. The number of methoxy groups -OCH3 is 1. The molecule has 234 valence electrons. The van der Waals surface area contributed by atoms with Crippen molar-refractivity contribution in [2.24, 2.45) is 5.92 Å². The maximum absolute atomic E-state index is 12.9. The molecule has 3 N–H and O–H groups in total. The predicted molar refractivity (Wildman–Crippen MR) is 167 cm³/mol. The van der Waals surface area contributed by atoms with Crippen LogP contribution in [-0.4, -0.2) is 90.7 Å². The number of likely N-dealkylation sites (tertiary alicyclic amines) is 1. The Morgan fingerprint density at radius 1 is 1.02 bits per heavy atom. The summed E-state index contributed by atoms with van der Waals surface area (Å²) in [6, 6.07) is 20.4. The highest BCUT2D eigenvalue weighted by Crippen LogP contribution is 2.34. The third-order valence-corrected chi connectivity index (χ3v) is 8.24. The van der Waals surface area contributed by atoms with E-state index in [0.29, 0.717) is 61.4 Å². The molecule has 2 saturated heterocycles. The summed E-state index contributed by atoms with van der Waals surface area (Å²) >= 11 is 0. The van der Waals surface area contributed by atoms with Crippen LogP contribution in [0.1, 0.15) is 17.0 Å². The maximum atomic E-state index is 12.9. The molecule has 0 saturated carbocycles. The molecule has 3 aromatic carbocycles. The topological polar surface area (TPSA) is 146 Å². The Balaban J connectivity index is 1.06. The van der Waals surface area contributed by atoms with E-state index < -0.39 is 11.9 Å². The molecule has 2 atom stereocenters. The largest absolute Gasteiger partial charge is 0.495 e. The van der Waals surface area contributed by atoms with Crippen LogP contribution in [-0.2, 0) is 25.5 Å². The molecular weight excluding hydrogens is 578 g/mol. The van der Waals surface area contributed by atoms with Gasteiger partial charge in [0.1, 0.15) is 11.3 Å².